The molecule has 170 valence electrons. The molecular weight excluding hydrogens is 416 g/mol. The number of nitrogens with zero attached hydrogens (tertiary/aromatic N) is 3. The highest BCUT2D eigenvalue weighted by Gasteiger charge is 2.52. The number of aryl methyl sites for hydroxylation is 1. The van der Waals surface area contributed by atoms with Gasteiger partial charge in [-0.25, -0.2) is 18.1 Å². The number of urea groups is 1. The molecule has 1 aromatic carbocycles. The molecule has 31 heavy (non-hydrogen) atoms. The first-order valence-electron chi connectivity index (χ1n) is 11.1. The lowest BCUT2D eigenvalue weighted by molar-refractivity contribution is -0.134. The zero-order valence-corrected chi connectivity index (χ0v) is 19.2. The first-order valence-corrected chi connectivity index (χ1v) is 12.6. The van der Waals surface area contributed by atoms with E-state index in [-0.39, 0.29) is 18.6 Å². The summed E-state index contributed by atoms with van der Waals surface area (Å²) in [6.07, 6.45) is 3.91. The predicted octanol–water partition coefficient (Wildman–Crippen LogP) is 2.15. The number of imide groups is 1. The van der Waals surface area contributed by atoms with Gasteiger partial charge in [0.15, 0.2) is 0 Å². The van der Waals surface area contributed by atoms with Crippen molar-refractivity contribution >= 4 is 22.0 Å². The van der Waals surface area contributed by atoms with Crippen LogP contribution in [-0.2, 0) is 14.8 Å². The monoisotopic (exact) mass is 448 g/mol. The number of hydrogen-bond donors (Lipinski definition) is 1. The Kier molecular flexibility index (Phi) is 6.11. The summed E-state index contributed by atoms with van der Waals surface area (Å²) in [6, 6.07) is 6.57. The van der Waals surface area contributed by atoms with E-state index in [4.69, 9.17) is 0 Å². The normalized spacial score (nSPS) is 28.7. The minimum absolute atomic E-state index is 0.127. The van der Waals surface area contributed by atoms with Gasteiger partial charge < -0.3 is 5.32 Å². The lowest BCUT2D eigenvalue weighted by atomic mass is 9.77. The fourth-order valence-corrected chi connectivity index (χ4v) is 6.26. The summed E-state index contributed by atoms with van der Waals surface area (Å²) in [5.74, 6) is 0.453. The predicted molar refractivity (Wildman–Crippen MR) is 117 cm³/mol. The smallest absolute Gasteiger partial charge is 0.323 e. The summed E-state index contributed by atoms with van der Waals surface area (Å²) in [7, 11) is -3.56. The molecule has 1 aliphatic carbocycles. The van der Waals surface area contributed by atoms with Crippen molar-refractivity contribution in [3.8, 4) is 0 Å². The Bertz CT molecular complexity index is 939. The van der Waals surface area contributed by atoms with Crippen molar-refractivity contribution < 1.29 is 18.0 Å². The highest BCUT2D eigenvalue weighted by atomic mass is 32.2. The molecule has 0 aromatic heterocycles. The van der Waals surface area contributed by atoms with Gasteiger partial charge in [0.2, 0.25) is 10.0 Å². The van der Waals surface area contributed by atoms with Crippen LogP contribution in [0.4, 0.5) is 4.79 Å². The molecule has 1 saturated carbocycles. The van der Waals surface area contributed by atoms with E-state index >= 15 is 0 Å². The summed E-state index contributed by atoms with van der Waals surface area (Å²) < 4.78 is 27.5. The summed E-state index contributed by atoms with van der Waals surface area (Å²) in [5.41, 5.74) is 0.274. The van der Waals surface area contributed by atoms with Crippen LogP contribution in [0.3, 0.4) is 0 Å². The topological polar surface area (TPSA) is 90.0 Å². The second kappa shape index (κ2) is 8.52. The number of amides is 3. The number of rotatable bonds is 4. The molecule has 1 aromatic rings. The van der Waals surface area contributed by atoms with E-state index in [1.54, 1.807) is 24.3 Å². The van der Waals surface area contributed by atoms with Crippen molar-refractivity contribution in [3.05, 3.63) is 29.8 Å². The van der Waals surface area contributed by atoms with Crippen LogP contribution in [0, 0.1) is 12.8 Å². The van der Waals surface area contributed by atoms with Crippen LogP contribution < -0.4 is 5.32 Å². The van der Waals surface area contributed by atoms with Gasteiger partial charge in [0.05, 0.1) is 11.6 Å². The van der Waals surface area contributed by atoms with E-state index in [0.717, 1.165) is 18.4 Å². The van der Waals surface area contributed by atoms with Gasteiger partial charge >= 0.3 is 6.03 Å². The van der Waals surface area contributed by atoms with E-state index in [2.05, 4.69) is 12.2 Å². The van der Waals surface area contributed by atoms with Crippen LogP contribution in [0.25, 0.3) is 0 Å². The van der Waals surface area contributed by atoms with E-state index in [0.29, 0.717) is 56.3 Å². The molecule has 3 aliphatic rings. The van der Waals surface area contributed by atoms with Crippen molar-refractivity contribution in [2.45, 2.75) is 56.4 Å². The van der Waals surface area contributed by atoms with Crippen LogP contribution in [0.15, 0.2) is 29.2 Å². The Labute approximate surface area is 184 Å². The Balaban J connectivity index is 1.40. The lowest BCUT2D eigenvalue weighted by Crippen LogP contribution is -2.50. The Morgan fingerprint density at radius 3 is 2.39 bits per heavy atom. The van der Waals surface area contributed by atoms with Gasteiger partial charge in [-0.05, 0) is 57.1 Å². The third-order valence-electron chi connectivity index (χ3n) is 6.92. The lowest BCUT2D eigenvalue weighted by Gasteiger charge is -2.34. The minimum atomic E-state index is -3.56. The summed E-state index contributed by atoms with van der Waals surface area (Å²) in [4.78, 5) is 29.3. The highest BCUT2D eigenvalue weighted by molar-refractivity contribution is 7.89. The summed E-state index contributed by atoms with van der Waals surface area (Å²) in [6.45, 7) is 6.19. The maximum Gasteiger partial charge on any atom is 0.326 e. The van der Waals surface area contributed by atoms with Gasteiger partial charge in [0, 0.05) is 26.2 Å². The van der Waals surface area contributed by atoms with Crippen LogP contribution in [0.2, 0.25) is 0 Å². The molecule has 3 amide bonds. The number of benzene rings is 1. The number of hydrogen-bond acceptors (Lipinski definition) is 5. The van der Waals surface area contributed by atoms with E-state index < -0.39 is 15.6 Å². The molecule has 0 radical (unpaired) electrons. The largest absolute Gasteiger partial charge is 0.326 e. The highest BCUT2D eigenvalue weighted by Crippen LogP contribution is 2.36. The van der Waals surface area contributed by atoms with Crippen LogP contribution in [0.1, 0.15) is 44.6 Å². The van der Waals surface area contributed by atoms with Gasteiger partial charge in [-0.3, -0.25) is 9.69 Å². The van der Waals surface area contributed by atoms with Crippen molar-refractivity contribution in [1.82, 2.24) is 19.4 Å². The molecule has 0 bridgehead atoms. The molecule has 0 atom stereocenters. The van der Waals surface area contributed by atoms with Crippen molar-refractivity contribution in [2.75, 3.05) is 32.8 Å². The Morgan fingerprint density at radius 1 is 1.03 bits per heavy atom. The third-order valence-corrected chi connectivity index (χ3v) is 8.83. The van der Waals surface area contributed by atoms with Crippen LogP contribution >= 0.6 is 0 Å². The average molecular weight is 449 g/mol. The molecule has 2 aliphatic heterocycles. The van der Waals surface area contributed by atoms with Crippen molar-refractivity contribution in [2.24, 2.45) is 5.92 Å². The zero-order valence-electron chi connectivity index (χ0n) is 18.3. The number of carbonyl (C=O) groups excluding carboxylic acids is 2. The van der Waals surface area contributed by atoms with E-state index in [1.165, 1.54) is 9.21 Å². The molecular formula is C22H32N4O4S. The maximum atomic E-state index is 13.1. The molecule has 4 rings (SSSR count). The molecule has 1 spiro atoms. The first-order chi connectivity index (χ1) is 14.7. The van der Waals surface area contributed by atoms with Gasteiger partial charge in [0.25, 0.3) is 5.91 Å². The molecule has 8 nitrogen and oxygen atoms in total. The second-order valence-corrected chi connectivity index (χ2v) is 11.2. The summed E-state index contributed by atoms with van der Waals surface area (Å²) >= 11 is 0. The van der Waals surface area contributed by atoms with Crippen LogP contribution in [-0.4, -0.2) is 72.8 Å². The quantitative estimate of drug-likeness (QED) is 0.713. The molecule has 2 saturated heterocycles. The van der Waals surface area contributed by atoms with Gasteiger partial charge in [-0.2, -0.15) is 4.31 Å². The second-order valence-electron chi connectivity index (χ2n) is 9.26. The first kappa shape index (κ1) is 22.2. The van der Waals surface area contributed by atoms with Crippen molar-refractivity contribution in [1.29, 1.82) is 0 Å². The fourth-order valence-electron chi connectivity index (χ4n) is 4.79. The maximum absolute atomic E-state index is 13.1. The number of sulfonamides is 1. The third kappa shape index (κ3) is 4.36. The van der Waals surface area contributed by atoms with E-state index in [1.807, 2.05) is 11.8 Å². The Hall–Kier alpha value is -1.97. The standard InChI is InChI=1S/C22H32N4O4S/c1-17-4-6-19(7-5-17)31(29,30)25-13-3-12-24(14-15-25)16-26-20(27)22(23-21(26)28)10-8-18(2)9-11-22/h4-7,18H,3,8-16H2,1-2H3,(H,23,28). The SMILES string of the molecule is Cc1ccc(S(=O)(=O)N2CCCN(CN3C(=O)NC4(CCC(C)CC4)C3=O)CC2)cc1. The molecule has 9 heteroatoms. The van der Waals surface area contributed by atoms with E-state index in [9.17, 15) is 18.0 Å². The molecule has 2 heterocycles. The Morgan fingerprint density at radius 2 is 1.71 bits per heavy atom. The molecule has 0 unspecified atom stereocenters. The van der Waals surface area contributed by atoms with Gasteiger partial charge in [-0.1, -0.05) is 24.6 Å². The zero-order chi connectivity index (χ0) is 22.2. The van der Waals surface area contributed by atoms with Crippen LogP contribution in [0.5, 0.6) is 0 Å². The number of carbonyl (C=O) groups is 2. The average Bonchev–Trinajstić information content (AvgIpc) is 2.90. The van der Waals surface area contributed by atoms with Crippen molar-refractivity contribution in [3.63, 3.8) is 0 Å². The number of nitrogens with one attached hydrogen (secondary N) is 1. The molecule has 3 fully saturated rings. The van der Waals surface area contributed by atoms with Gasteiger partial charge in [-0.15, -0.1) is 0 Å². The van der Waals surface area contributed by atoms with Gasteiger partial charge in [0.1, 0.15) is 5.54 Å². The minimum Gasteiger partial charge on any atom is -0.323 e. The summed E-state index contributed by atoms with van der Waals surface area (Å²) in [5, 5.41) is 2.96. The fraction of sp³-hybridized carbons (Fsp3) is 0.636. The molecule has 1 N–H and O–H groups in total.